The van der Waals surface area contributed by atoms with Gasteiger partial charge in [0.2, 0.25) is 5.91 Å². The lowest BCUT2D eigenvalue weighted by atomic mass is 9.90. The third-order valence-corrected chi connectivity index (χ3v) is 5.09. The van der Waals surface area contributed by atoms with Crippen LogP contribution in [0.2, 0.25) is 0 Å². The third-order valence-electron chi connectivity index (χ3n) is 5.09. The molecule has 0 spiro atoms. The molecule has 1 aromatic heterocycles. The van der Waals surface area contributed by atoms with Crippen molar-refractivity contribution in [1.29, 1.82) is 0 Å². The molecule has 2 aliphatic heterocycles. The molecule has 2 fully saturated rings. The Morgan fingerprint density at radius 1 is 1.50 bits per heavy atom. The van der Waals surface area contributed by atoms with Gasteiger partial charge in [-0.05, 0) is 31.0 Å². The fourth-order valence-corrected chi connectivity index (χ4v) is 3.68. The summed E-state index contributed by atoms with van der Waals surface area (Å²) >= 11 is 0. The summed E-state index contributed by atoms with van der Waals surface area (Å²) in [6.07, 6.45) is 5.10. The number of nitrogens with zero attached hydrogens (tertiary/aromatic N) is 3. The lowest BCUT2D eigenvalue weighted by Gasteiger charge is -2.19. The molecule has 0 aromatic carbocycles. The monoisotopic (exact) mass is 305 g/mol. The second kappa shape index (κ2) is 6.79. The van der Waals surface area contributed by atoms with Gasteiger partial charge in [0.1, 0.15) is 0 Å². The van der Waals surface area contributed by atoms with Crippen molar-refractivity contribution >= 4 is 5.91 Å². The molecule has 6 nitrogen and oxygen atoms in total. The Bertz CT molecular complexity index is 514. The molecule has 22 heavy (non-hydrogen) atoms. The molecule has 0 radical (unpaired) electrons. The minimum atomic E-state index is 0.0212. The topological polar surface area (TPSA) is 62.2 Å². The molecule has 0 bridgehead atoms. The molecule has 0 aliphatic carbocycles. The molecule has 3 heterocycles. The Kier molecular flexibility index (Phi) is 4.78. The Hall–Kier alpha value is -1.40. The maximum Gasteiger partial charge on any atom is 0.225 e. The molecule has 3 rings (SSSR count). The number of amides is 1. The second-order valence-corrected chi connectivity index (χ2v) is 6.61. The minimum absolute atomic E-state index is 0.0212. The Morgan fingerprint density at radius 3 is 3.05 bits per heavy atom. The van der Waals surface area contributed by atoms with E-state index < -0.39 is 0 Å². The van der Waals surface area contributed by atoms with Crippen LogP contribution in [0.15, 0.2) is 12.4 Å². The van der Waals surface area contributed by atoms with Crippen LogP contribution in [0.25, 0.3) is 0 Å². The molecule has 1 amide bonds. The van der Waals surface area contributed by atoms with E-state index in [-0.39, 0.29) is 17.7 Å². The third kappa shape index (κ3) is 3.33. The van der Waals surface area contributed by atoms with Gasteiger partial charge in [0.15, 0.2) is 0 Å². The van der Waals surface area contributed by atoms with E-state index in [1.54, 1.807) is 4.68 Å². The maximum absolute atomic E-state index is 12.6. The Balaban J connectivity index is 1.53. The van der Waals surface area contributed by atoms with Crippen molar-refractivity contribution < 1.29 is 4.79 Å². The smallest absolute Gasteiger partial charge is 0.225 e. The first-order chi connectivity index (χ1) is 10.7. The fraction of sp³-hybridized carbons (Fsp3) is 0.750. The van der Waals surface area contributed by atoms with Crippen LogP contribution < -0.4 is 10.6 Å². The van der Waals surface area contributed by atoms with Crippen molar-refractivity contribution in [3.05, 3.63) is 18.0 Å². The van der Waals surface area contributed by atoms with E-state index in [1.165, 1.54) is 13.0 Å². The highest BCUT2D eigenvalue weighted by atomic mass is 16.1. The average molecular weight is 305 g/mol. The van der Waals surface area contributed by atoms with Gasteiger partial charge in [-0.1, -0.05) is 6.92 Å². The maximum atomic E-state index is 12.6. The van der Waals surface area contributed by atoms with Crippen molar-refractivity contribution in [3.8, 4) is 0 Å². The van der Waals surface area contributed by atoms with Gasteiger partial charge >= 0.3 is 0 Å². The predicted octanol–water partition coefficient (Wildman–Crippen LogP) is 0.181. The lowest BCUT2D eigenvalue weighted by Crippen LogP contribution is -2.37. The van der Waals surface area contributed by atoms with Gasteiger partial charge in [-0.2, -0.15) is 5.10 Å². The molecule has 1 aromatic rings. The number of nitrogens with one attached hydrogen (secondary N) is 2. The first kappa shape index (κ1) is 15.5. The number of hydrogen-bond acceptors (Lipinski definition) is 4. The second-order valence-electron chi connectivity index (χ2n) is 6.61. The van der Waals surface area contributed by atoms with Crippen LogP contribution >= 0.6 is 0 Å². The molecule has 2 aliphatic rings. The highest BCUT2D eigenvalue weighted by Gasteiger charge is 2.35. The first-order valence-corrected chi connectivity index (χ1v) is 8.36. The van der Waals surface area contributed by atoms with Crippen LogP contribution in [-0.4, -0.2) is 59.9 Å². The predicted molar refractivity (Wildman–Crippen MR) is 85.5 cm³/mol. The average Bonchev–Trinajstić information content (AvgIpc) is 3.24. The molecular formula is C16H27N5O. The molecule has 6 heteroatoms. The summed E-state index contributed by atoms with van der Waals surface area (Å²) in [4.78, 5) is 15.0. The number of carbonyl (C=O) groups is 1. The van der Waals surface area contributed by atoms with E-state index in [1.807, 2.05) is 19.4 Å². The molecule has 1 unspecified atom stereocenters. The molecule has 0 saturated carbocycles. The summed E-state index contributed by atoms with van der Waals surface area (Å²) in [6.45, 7) is 8.02. The number of carbonyl (C=O) groups excluding carboxylic acids is 1. The number of likely N-dealkylation sites (tertiary alicyclic amines) is 1. The van der Waals surface area contributed by atoms with E-state index >= 15 is 0 Å². The molecule has 3 atom stereocenters. The van der Waals surface area contributed by atoms with Crippen LogP contribution in [-0.2, 0) is 11.8 Å². The normalized spacial score (nSPS) is 29.1. The van der Waals surface area contributed by atoms with Gasteiger partial charge < -0.3 is 15.5 Å². The fourth-order valence-electron chi connectivity index (χ4n) is 3.68. The van der Waals surface area contributed by atoms with Crippen molar-refractivity contribution in [3.63, 3.8) is 0 Å². The van der Waals surface area contributed by atoms with Crippen LogP contribution in [0.1, 0.15) is 24.8 Å². The van der Waals surface area contributed by atoms with Crippen molar-refractivity contribution in [1.82, 2.24) is 25.3 Å². The van der Waals surface area contributed by atoms with E-state index in [2.05, 4.69) is 27.6 Å². The van der Waals surface area contributed by atoms with Crippen LogP contribution in [0.4, 0.5) is 0 Å². The quantitative estimate of drug-likeness (QED) is 0.815. The molecular weight excluding hydrogens is 278 g/mol. The van der Waals surface area contributed by atoms with Crippen LogP contribution in [0.5, 0.6) is 0 Å². The summed E-state index contributed by atoms with van der Waals surface area (Å²) in [5, 5.41) is 10.8. The summed E-state index contributed by atoms with van der Waals surface area (Å²) in [7, 11) is 1.92. The Morgan fingerprint density at radius 2 is 2.36 bits per heavy atom. The number of aryl methyl sites for hydroxylation is 1. The van der Waals surface area contributed by atoms with Crippen LogP contribution in [0.3, 0.4) is 0 Å². The highest BCUT2D eigenvalue weighted by molar-refractivity contribution is 5.80. The largest absolute Gasteiger partial charge is 0.355 e. The van der Waals surface area contributed by atoms with Gasteiger partial charge in [0.25, 0.3) is 0 Å². The Labute approximate surface area is 132 Å². The zero-order valence-corrected chi connectivity index (χ0v) is 13.6. The van der Waals surface area contributed by atoms with E-state index in [0.717, 1.165) is 38.3 Å². The minimum Gasteiger partial charge on any atom is -0.355 e. The van der Waals surface area contributed by atoms with Gasteiger partial charge in [-0.3, -0.25) is 9.48 Å². The van der Waals surface area contributed by atoms with Gasteiger partial charge in [0.05, 0.1) is 12.1 Å². The molecule has 122 valence electrons. The van der Waals surface area contributed by atoms with Gasteiger partial charge in [-0.25, -0.2) is 0 Å². The number of hydrogen-bond donors (Lipinski definition) is 2. The van der Waals surface area contributed by atoms with E-state index in [4.69, 9.17) is 0 Å². The summed E-state index contributed by atoms with van der Waals surface area (Å²) < 4.78 is 1.81. The van der Waals surface area contributed by atoms with Crippen molar-refractivity contribution in [2.75, 3.05) is 39.3 Å². The molecule has 2 saturated heterocycles. The van der Waals surface area contributed by atoms with E-state index in [9.17, 15) is 4.79 Å². The number of aromatic nitrogens is 2. The summed E-state index contributed by atoms with van der Waals surface area (Å²) in [6, 6.07) is 0. The number of rotatable bonds is 5. The standard InChI is InChI=1S/C16H27N5O/c1-3-21-5-4-12(10-21)6-18-16(22)15-9-17-8-14(15)13-7-19-20(2)11-13/h7,11-12,14-15,17H,3-6,8-10H2,1-2H3,(H,18,22)/t12?,14-,15+/m1/s1. The van der Waals surface area contributed by atoms with E-state index in [0.29, 0.717) is 5.92 Å². The zero-order chi connectivity index (χ0) is 15.5. The van der Waals surface area contributed by atoms with Gasteiger partial charge in [-0.15, -0.1) is 0 Å². The summed E-state index contributed by atoms with van der Waals surface area (Å²) in [5.74, 6) is 1.06. The van der Waals surface area contributed by atoms with Crippen molar-refractivity contribution in [2.45, 2.75) is 19.3 Å². The van der Waals surface area contributed by atoms with Crippen molar-refractivity contribution in [2.24, 2.45) is 18.9 Å². The SMILES string of the molecule is CCN1CCC(CNC(=O)[C@H]2CNC[C@@H]2c2cnn(C)c2)C1. The van der Waals surface area contributed by atoms with Gasteiger partial charge in [0, 0.05) is 45.3 Å². The first-order valence-electron chi connectivity index (χ1n) is 8.36. The highest BCUT2D eigenvalue weighted by Crippen LogP contribution is 2.28. The molecule has 2 N–H and O–H groups in total. The zero-order valence-electron chi connectivity index (χ0n) is 13.6. The lowest BCUT2D eigenvalue weighted by molar-refractivity contribution is -0.125. The van der Waals surface area contributed by atoms with Crippen LogP contribution in [0, 0.1) is 11.8 Å². The summed E-state index contributed by atoms with van der Waals surface area (Å²) in [5.41, 5.74) is 1.16.